The molecule has 0 radical (unpaired) electrons. The van der Waals surface area contributed by atoms with Gasteiger partial charge in [0.1, 0.15) is 4.32 Å². The van der Waals surface area contributed by atoms with Crippen molar-refractivity contribution in [2.45, 2.75) is 26.7 Å². The maximum atomic E-state index is 12.7. The Labute approximate surface area is 197 Å². The van der Waals surface area contributed by atoms with Crippen LogP contribution in [0, 0.1) is 0 Å². The molecule has 2 amide bonds. The van der Waals surface area contributed by atoms with E-state index in [2.05, 4.69) is 4.74 Å². The Hall–Kier alpha value is -2.59. The van der Waals surface area contributed by atoms with E-state index in [0.717, 1.165) is 5.56 Å². The van der Waals surface area contributed by atoms with E-state index in [0.29, 0.717) is 46.8 Å². The average Bonchev–Trinajstić information content (AvgIpc) is 3.05. The summed E-state index contributed by atoms with van der Waals surface area (Å²) in [6, 6.07) is 5.22. The number of esters is 1. The summed E-state index contributed by atoms with van der Waals surface area (Å²) in [7, 11) is 2.84. The summed E-state index contributed by atoms with van der Waals surface area (Å²) in [6.45, 7) is 5.34. The third-order valence-electron chi connectivity index (χ3n) is 4.82. The van der Waals surface area contributed by atoms with Gasteiger partial charge < -0.3 is 19.1 Å². The summed E-state index contributed by atoms with van der Waals surface area (Å²) in [5, 5.41) is 0. The molecule has 0 saturated carbocycles. The number of benzene rings is 1. The first kappa shape index (κ1) is 25.7. The van der Waals surface area contributed by atoms with Crippen molar-refractivity contribution in [3.05, 3.63) is 28.7 Å². The number of likely N-dealkylation sites (N-methyl/N-ethyl adjacent to an activating group) is 1. The zero-order chi connectivity index (χ0) is 23.7. The van der Waals surface area contributed by atoms with Crippen molar-refractivity contribution in [3.63, 3.8) is 0 Å². The maximum Gasteiger partial charge on any atom is 0.305 e. The second-order valence-electron chi connectivity index (χ2n) is 6.78. The molecule has 8 nitrogen and oxygen atoms in total. The summed E-state index contributed by atoms with van der Waals surface area (Å²) in [6.07, 6.45) is 2.42. The molecule has 1 aliphatic heterocycles. The first-order valence-electron chi connectivity index (χ1n) is 10.2. The minimum Gasteiger partial charge on any atom is -0.493 e. The fraction of sp³-hybridized carbons (Fsp3) is 0.455. The molecule has 1 heterocycles. The minimum atomic E-state index is -0.320. The first-order valence-corrected chi connectivity index (χ1v) is 11.5. The average molecular weight is 481 g/mol. The molecule has 0 atom stereocenters. The van der Waals surface area contributed by atoms with E-state index in [1.807, 2.05) is 13.8 Å². The van der Waals surface area contributed by atoms with E-state index >= 15 is 0 Å². The van der Waals surface area contributed by atoms with Crippen molar-refractivity contribution < 1.29 is 28.6 Å². The zero-order valence-corrected chi connectivity index (χ0v) is 20.3. The Kier molecular flexibility index (Phi) is 9.98. The molecule has 174 valence electrons. The highest BCUT2D eigenvalue weighted by Crippen LogP contribution is 2.35. The van der Waals surface area contributed by atoms with Crippen LogP contribution in [0.5, 0.6) is 11.5 Å². The fourth-order valence-electron chi connectivity index (χ4n) is 3.03. The van der Waals surface area contributed by atoms with E-state index in [9.17, 15) is 14.4 Å². The Morgan fingerprint density at radius 3 is 2.53 bits per heavy atom. The standard InChI is InChI=1S/C22H28N2O6S2/c1-5-23(6-2)19(25)14-30-16-10-9-15(12-17(16)28-3)13-18-21(27)24(22(31)32-18)11-7-8-20(26)29-4/h9-10,12-13H,5-8,11,14H2,1-4H3/b18-13+. The van der Waals surface area contributed by atoms with Crippen molar-refractivity contribution in [2.75, 3.05) is 40.5 Å². The molecule has 2 rings (SSSR count). The summed E-state index contributed by atoms with van der Waals surface area (Å²) < 4.78 is 16.1. The van der Waals surface area contributed by atoms with E-state index in [-0.39, 0.29) is 30.8 Å². The molecule has 0 N–H and O–H groups in total. The van der Waals surface area contributed by atoms with Crippen LogP contribution in [0.3, 0.4) is 0 Å². The van der Waals surface area contributed by atoms with Crippen molar-refractivity contribution >= 4 is 52.2 Å². The summed E-state index contributed by atoms with van der Waals surface area (Å²) >= 11 is 6.53. The van der Waals surface area contributed by atoms with Crippen molar-refractivity contribution in [1.29, 1.82) is 0 Å². The number of nitrogens with zero attached hydrogens (tertiary/aromatic N) is 2. The largest absolute Gasteiger partial charge is 0.493 e. The van der Waals surface area contributed by atoms with Crippen LogP contribution in [-0.4, -0.2) is 72.4 Å². The van der Waals surface area contributed by atoms with E-state index < -0.39 is 0 Å². The number of carbonyl (C=O) groups excluding carboxylic acids is 3. The van der Waals surface area contributed by atoms with Gasteiger partial charge in [0.2, 0.25) is 0 Å². The van der Waals surface area contributed by atoms with Gasteiger partial charge in [0.05, 0.1) is 19.1 Å². The van der Waals surface area contributed by atoms with Gasteiger partial charge in [-0.05, 0) is 44.0 Å². The van der Waals surface area contributed by atoms with Crippen LogP contribution in [0.25, 0.3) is 6.08 Å². The molecular weight excluding hydrogens is 452 g/mol. The Morgan fingerprint density at radius 1 is 1.19 bits per heavy atom. The second kappa shape index (κ2) is 12.4. The lowest BCUT2D eigenvalue weighted by Crippen LogP contribution is -2.34. The number of methoxy groups -OCH3 is 2. The van der Waals surface area contributed by atoms with Gasteiger partial charge in [-0.25, -0.2) is 0 Å². The first-order chi connectivity index (χ1) is 15.3. The Bertz CT molecular complexity index is 898. The summed E-state index contributed by atoms with van der Waals surface area (Å²) in [5.41, 5.74) is 0.735. The Balaban J connectivity index is 2.07. The number of hydrogen-bond donors (Lipinski definition) is 0. The smallest absolute Gasteiger partial charge is 0.305 e. The van der Waals surface area contributed by atoms with Crippen molar-refractivity contribution in [3.8, 4) is 11.5 Å². The maximum absolute atomic E-state index is 12.7. The van der Waals surface area contributed by atoms with Gasteiger partial charge >= 0.3 is 5.97 Å². The molecular formula is C22H28N2O6S2. The number of rotatable bonds is 11. The van der Waals surface area contributed by atoms with E-state index in [1.54, 1.807) is 29.2 Å². The van der Waals surface area contributed by atoms with Gasteiger partial charge in [0.15, 0.2) is 18.1 Å². The predicted octanol–water partition coefficient (Wildman–Crippen LogP) is 3.10. The highest BCUT2D eigenvalue weighted by molar-refractivity contribution is 8.26. The van der Waals surface area contributed by atoms with Gasteiger partial charge in [0, 0.05) is 26.1 Å². The molecule has 0 aliphatic carbocycles. The third-order valence-corrected chi connectivity index (χ3v) is 6.19. The zero-order valence-electron chi connectivity index (χ0n) is 18.7. The molecule has 0 aromatic heterocycles. The molecule has 1 fully saturated rings. The molecule has 10 heteroatoms. The quantitative estimate of drug-likeness (QED) is 0.271. The Morgan fingerprint density at radius 2 is 1.91 bits per heavy atom. The topological polar surface area (TPSA) is 85.4 Å². The number of hydrogen-bond acceptors (Lipinski definition) is 8. The van der Waals surface area contributed by atoms with Crippen LogP contribution in [0.2, 0.25) is 0 Å². The van der Waals surface area contributed by atoms with Gasteiger partial charge in [-0.15, -0.1) is 0 Å². The lowest BCUT2D eigenvalue weighted by Gasteiger charge is -2.19. The molecule has 1 saturated heterocycles. The fourth-order valence-corrected chi connectivity index (χ4v) is 4.34. The molecule has 1 aromatic carbocycles. The number of carbonyl (C=O) groups is 3. The number of thiocarbonyl (C=S) groups is 1. The molecule has 1 aliphatic rings. The third kappa shape index (κ3) is 6.70. The van der Waals surface area contributed by atoms with E-state index in [1.165, 1.54) is 30.9 Å². The second-order valence-corrected chi connectivity index (χ2v) is 8.45. The highest BCUT2D eigenvalue weighted by atomic mass is 32.2. The van der Waals surface area contributed by atoms with Crippen LogP contribution in [0.4, 0.5) is 0 Å². The van der Waals surface area contributed by atoms with Crippen LogP contribution >= 0.6 is 24.0 Å². The minimum absolute atomic E-state index is 0.0817. The SMILES string of the molecule is CCN(CC)C(=O)COc1ccc(/C=C2/SC(=S)N(CCCC(=O)OC)C2=O)cc1OC. The molecule has 32 heavy (non-hydrogen) atoms. The van der Waals surface area contributed by atoms with Gasteiger partial charge in [0.25, 0.3) is 11.8 Å². The van der Waals surface area contributed by atoms with Crippen molar-refractivity contribution in [2.24, 2.45) is 0 Å². The molecule has 0 bridgehead atoms. The summed E-state index contributed by atoms with van der Waals surface area (Å²) in [4.78, 5) is 39.8. The lowest BCUT2D eigenvalue weighted by molar-refractivity contribution is -0.141. The van der Waals surface area contributed by atoms with Crippen LogP contribution in [0.15, 0.2) is 23.1 Å². The number of amides is 2. The van der Waals surface area contributed by atoms with Crippen LogP contribution in [0.1, 0.15) is 32.3 Å². The molecule has 0 unspecified atom stereocenters. The monoisotopic (exact) mass is 480 g/mol. The predicted molar refractivity (Wildman–Crippen MR) is 128 cm³/mol. The van der Waals surface area contributed by atoms with Gasteiger partial charge in [-0.3, -0.25) is 19.3 Å². The number of thioether (sulfide) groups is 1. The number of ether oxygens (including phenoxy) is 3. The van der Waals surface area contributed by atoms with Crippen LogP contribution < -0.4 is 9.47 Å². The molecule has 0 spiro atoms. The van der Waals surface area contributed by atoms with Gasteiger partial charge in [-0.2, -0.15) is 0 Å². The van der Waals surface area contributed by atoms with Crippen LogP contribution in [-0.2, 0) is 19.1 Å². The molecule has 1 aromatic rings. The lowest BCUT2D eigenvalue weighted by atomic mass is 10.2. The van der Waals surface area contributed by atoms with Gasteiger partial charge in [-0.1, -0.05) is 30.0 Å². The highest BCUT2D eigenvalue weighted by Gasteiger charge is 2.31. The summed E-state index contributed by atoms with van der Waals surface area (Å²) in [5.74, 6) is 0.283. The van der Waals surface area contributed by atoms with Crippen molar-refractivity contribution in [1.82, 2.24) is 9.80 Å². The normalized spacial score (nSPS) is 14.6. The van der Waals surface area contributed by atoms with E-state index in [4.69, 9.17) is 21.7 Å².